The van der Waals surface area contributed by atoms with Crippen LogP contribution in [-0.4, -0.2) is 38.7 Å². The quantitative estimate of drug-likeness (QED) is 0.866. The molecule has 0 saturated carbocycles. The van der Waals surface area contributed by atoms with E-state index in [-0.39, 0.29) is 25.0 Å². The van der Waals surface area contributed by atoms with E-state index in [1.165, 1.54) is 7.11 Å². The first-order chi connectivity index (χ1) is 12.6. The molecule has 0 saturated heterocycles. The van der Waals surface area contributed by atoms with Gasteiger partial charge in [-0.2, -0.15) is 0 Å². The molecule has 3 rings (SSSR count). The molecule has 1 aliphatic rings. The number of ether oxygens (including phenoxy) is 2. The molecule has 0 aliphatic carbocycles. The highest BCUT2D eigenvalue weighted by Crippen LogP contribution is 2.30. The maximum Gasteiger partial charge on any atom is 0.262 e. The van der Waals surface area contributed by atoms with Crippen molar-refractivity contribution < 1.29 is 19.1 Å². The van der Waals surface area contributed by atoms with E-state index in [1.54, 1.807) is 11.0 Å². The lowest BCUT2D eigenvalue weighted by Gasteiger charge is -2.17. The lowest BCUT2D eigenvalue weighted by Crippen LogP contribution is -2.31. The van der Waals surface area contributed by atoms with E-state index in [1.807, 2.05) is 43.3 Å². The number of aryl methyl sites for hydroxylation is 1. The van der Waals surface area contributed by atoms with Gasteiger partial charge < -0.3 is 19.7 Å². The number of hydrogen-bond acceptors (Lipinski definition) is 4. The molecular weight excluding hydrogens is 332 g/mol. The molecule has 2 amide bonds. The SMILES string of the molecule is COCC(=O)N1CCc2cc(NC(=O)COc3ccc(C)cc3)ccc21. The van der Waals surface area contributed by atoms with Crippen LogP contribution >= 0.6 is 0 Å². The zero-order chi connectivity index (χ0) is 18.5. The Kier molecular flexibility index (Phi) is 5.53. The summed E-state index contributed by atoms with van der Waals surface area (Å²) in [7, 11) is 1.51. The number of hydrogen-bond donors (Lipinski definition) is 1. The summed E-state index contributed by atoms with van der Waals surface area (Å²) in [5, 5.41) is 2.83. The summed E-state index contributed by atoms with van der Waals surface area (Å²) >= 11 is 0. The van der Waals surface area contributed by atoms with Crippen LogP contribution in [0.25, 0.3) is 0 Å². The Morgan fingerprint density at radius 1 is 1.12 bits per heavy atom. The zero-order valence-corrected chi connectivity index (χ0v) is 15.0. The van der Waals surface area contributed by atoms with Crippen LogP contribution < -0.4 is 15.0 Å². The van der Waals surface area contributed by atoms with Gasteiger partial charge in [0.05, 0.1) is 0 Å². The molecule has 2 aromatic rings. The monoisotopic (exact) mass is 354 g/mol. The van der Waals surface area contributed by atoms with Gasteiger partial charge in [-0.1, -0.05) is 17.7 Å². The maximum absolute atomic E-state index is 12.1. The van der Waals surface area contributed by atoms with Gasteiger partial charge >= 0.3 is 0 Å². The molecule has 1 N–H and O–H groups in total. The number of amides is 2. The highest BCUT2D eigenvalue weighted by Gasteiger charge is 2.24. The summed E-state index contributed by atoms with van der Waals surface area (Å²) in [6, 6.07) is 13.1. The van der Waals surface area contributed by atoms with Crippen LogP contribution in [0.5, 0.6) is 5.75 Å². The zero-order valence-electron chi connectivity index (χ0n) is 15.0. The third-order valence-electron chi connectivity index (χ3n) is 4.22. The number of rotatable bonds is 6. The van der Waals surface area contributed by atoms with Gasteiger partial charge in [-0.3, -0.25) is 9.59 Å². The highest BCUT2D eigenvalue weighted by molar-refractivity contribution is 5.97. The van der Waals surface area contributed by atoms with Crippen LogP contribution in [0.4, 0.5) is 11.4 Å². The maximum atomic E-state index is 12.1. The van der Waals surface area contributed by atoms with Gasteiger partial charge in [0.1, 0.15) is 12.4 Å². The Morgan fingerprint density at radius 3 is 2.62 bits per heavy atom. The van der Waals surface area contributed by atoms with E-state index in [2.05, 4.69) is 5.32 Å². The molecule has 1 aliphatic heterocycles. The topological polar surface area (TPSA) is 67.9 Å². The minimum atomic E-state index is -0.226. The van der Waals surface area contributed by atoms with Crippen LogP contribution in [0.3, 0.4) is 0 Å². The van der Waals surface area contributed by atoms with Gasteiger partial charge in [0, 0.05) is 25.0 Å². The van der Waals surface area contributed by atoms with Crippen LogP contribution in [-0.2, 0) is 20.7 Å². The summed E-state index contributed by atoms with van der Waals surface area (Å²) in [4.78, 5) is 25.8. The number of nitrogens with one attached hydrogen (secondary N) is 1. The largest absolute Gasteiger partial charge is 0.484 e. The summed E-state index contributed by atoms with van der Waals surface area (Å²) in [5.74, 6) is 0.373. The average Bonchev–Trinajstić information content (AvgIpc) is 3.05. The van der Waals surface area contributed by atoms with Crippen LogP contribution in [0.15, 0.2) is 42.5 Å². The Hall–Kier alpha value is -2.86. The lowest BCUT2D eigenvalue weighted by molar-refractivity contribution is -0.122. The minimum absolute atomic E-state index is 0.0569. The number of carbonyl (C=O) groups excluding carboxylic acids is 2. The third kappa shape index (κ3) is 4.21. The van der Waals surface area contributed by atoms with Crippen molar-refractivity contribution >= 4 is 23.2 Å². The smallest absolute Gasteiger partial charge is 0.262 e. The van der Waals surface area contributed by atoms with Crippen molar-refractivity contribution in [2.75, 3.05) is 37.1 Å². The van der Waals surface area contributed by atoms with Gasteiger partial charge in [0.2, 0.25) is 0 Å². The average molecular weight is 354 g/mol. The van der Waals surface area contributed by atoms with Crippen molar-refractivity contribution in [2.24, 2.45) is 0 Å². The Balaban J connectivity index is 1.58. The Morgan fingerprint density at radius 2 is 1.88 bits per heavy atom. The normalized spacial score (nSPS) is 12.6. The lowest BCUT2D eigenvalue weighted by atomic mass is 10.1. The summed E-state index contributed by atoms with van der Waals surface area (Å²) < 4.78 is 10.4. The van der Waals surface area contributed by atoms with Gasteiger partial charge in [0.25, 0.3) is 11.8 Å². The minimum Gasteiger partial charge on any atom is -0.484 e. The Labute approximate surface area is 152 Å². The molecule has 0 radical (unpaired) electrons. The molecule has 2 aromatic carbocycles. The first-order valence-corrected chi connectivity index (χ1v) is 8.48. The van der Waals surface area contributed by atoms with E-state index >= 15 is 0 Å². The van der Waals surface area contributed by atoms with Gasteiger partial charge in [-0.15, -0.1) is 0 Å². The van der Waals surface area contributed by atoms with E-state index in [4.69, 9.17) is 9.47 Å². The van der Waals surface area contributed by atoms with E-state index in [0.29, 0.717) is 18.0 Å². The van der Waals surface area contributed by atoms with Crippen molar-refractivity contribution in [1.82, 2.24) is 0 Å². The molecule has 0 aromatic heterocycles. The number of carbonyl (C=O) groups is 2. The molecule has 1 heterocycles. The van der Waals surface area contributed by atoms with Gasteiger partial charge in [0.15, 0.2) is 6.61 Å². The Bertz CT molecular complexity index is 802. The van der Waals surface area contributed by atoms with Crippen LogP contribution in [0.1, 0.15) is 11.1 Å². The fourth-order valence-corrected chi connectivity index (χ4v) is 2.92. The molecule has 136 valence electrons. The molecular formula is C20H22N2O4. The van der Waals surface area contributed by atoms with Crippen molar-refractivity contribution in [3.8, 4) is 5.75 Å². The highest BCUT2D eigenvalue weighted by atomic mass is 16.5. The van der Waals surface area contributed by atoms with E-state index in [9.17, 15) is 9.59 Å². The van der Waals surface area contributed by atoms with Crippen molar-refractivity contribution in [1.29, 1.82) is 0 Å². The third-order valence-corrected chi connectivity index (χ3v) is 4.22. The molecule has 26 heavy (non-hydrogen) atoms. The van der Waals surface area contributed by atoms with Crippen LogP contribution in [0, 0.1) is 6.92 Å². The first-order valence-electron chi connectivity index (χ1n) is 8.48. The van der Waals surface area contributed by atoms with E-state index < -0.39 is 0 Å². The van der Waals surface area contributed by atoms with E-state index in [0.717, 1.165) is 23.2 Å². The molecule has 6 nitrogen and oxygen atoms in total. The molecule has 0 unspecified atom stereocenters. The van der Waals surface area contributed by atoms with Crippen molar-refractivity contribution in [3.63, 3.8) is 0 Å². The molecule has 0 atom stereocenters. The number of benzene rings is 2. The van der Waals surface area contributed by atoms with Crippen molar-refractivity contribution in [2.45, 2.75) is 13.3 Å². The molecule has 0 spiro atoms. The standard InChI is InChI=1S/C20H22N2O4/c1-14-3-6-17(7-4-14)26-12-19(23)21-16-5-8-18-15(11-16)9-10-22(18)20(24)13-25-2/h3-8,11H,9-10,12-13H2,1-2H3,(H,21,23). The number of nitrogens with zero attached hydrogens (tertiary/aromatic N) is 1. The predicted octanol–water partition coefficient (Wildman–Crippen LogP) is 2.55. The number of anilines is 2. The first kappa shape index (κ1) is 17.9. The fraction of sp³-hybridized carbons (Fsp3) is 0.300. The second kappa shape index (κ2) is 8.01. The van der Waals surface area contributed by atoms with Crippen LogP contribution in [0.2, 0.25) is 0 Å². The molecule has 6 heteroatoms. The summed E-state index contributed by atoms with van der Waals surface area (Å²) in [6.45, 7) is 2.63. The summed E-state index contributed by atoms with van der Waals surface area (Å²) in [5.41, 5.74) is 3.74. The molecule has 0 fully saturated rings. The fourth-order valence-electron chi connectivity index (χ4n) is 2.92. The number of fused-ring (bicyclic) bond motifs is 1. The second-order valence-corrected chi connectivity index (χ2v) is 6.22. The molecule has 0 bridgehead atoms. The van der Waals surface area contributed by atoms with Crippen molar-refractivity contribution in [3.05, 3.63) is 53.6 Å². The van der Waals surface area contributed by atoms with Gasteiger partial charge in [-0.25, -0.2) is 0 Å². The second-order valence-electron chi connectivity index (χ2n) is 6.22. The van der Waals surface area contributed by atoms with Gasteiger partial charge in [-0.05, 0) is 49.2 Å². The summed E-state index contributed by atoms with van der Waals surface area (Å²) in [6.07, 6.45) is 0.758. The number of methoxy groups -OCH3 is 1. The predicted molar refractivity (Wildman–Crippen MR) is 99.7 cm³/mol.